The molecule has 1 N–H and O–H groups in total. The molecule has 67 valence electrons. The Labute approximate surface area is 71.8 Å². The van der Waals surface area contributed by atoms with E-state index >= 15 is 0 Å². The molecule has 0 aliphatic rings. The zero-order valence-electron chi connectivity index (χ0n) is 7.32. The highest BCUT2D eigenvalue weighted by molar-refractivity contribution is 4.95. The van der Waals surface area contributed by atoms with E-state index in [-0.39, 0.29) is 0 Å². The lowest BCUT2D eigenvalue weighted by Crippen LogP contribution is -2.22. The number of rotatable bonds is 4. The van der Waals surface area contributed by atoms with Crippen molar-refractivity contribution in [3.8, 4) is 0 Å². The first-order valence-electron chi connectivity index (χ1n) is 3.81. The lowest BCUT2D eigenvalue weighted by Gasteiger charge is -2.10. The van der Waals surface area contributed by atoms with Crippen LogP contribution in [0.1, 0.15) is 5.69 Å². The molecule has 1 radical (unpaired) electrons. The standard InChI is InChI=1S/C8H13N2O2/c1-7-3-4-9-10(7)5-8(11)6-12-2/h3,8,11H,5-6H2,1-2H3/t8-/m0/s1. The van der Waals surface area contributed by atoms with Crippen LogP contribution in [0.2, 0.25) is 0 Å². The van der Waals surface area contributed by atoms with Crippen LogP contribution < -0.4 is 0 Å². The summed E-state index contributed by atoms with van der Waals surface area (Å²) in [4.78, 5) is 0. The molecular weight excluding hydrogens is 156 g/mol. The first-order valence-corrected chi connectivity index (χ1v) is 3.81. The van der Waals surface area contributed by atoms with Crippen LogP contribution in [0.4, 0.5) is 0 Å². The molecule has 4 nitrogen and oxygen atoms in total. The van der Waals surface area contributed by atoms with Crippen molar-refractivity contribution in [3.63, 3.8) is 0 Å². The van der Waals surface area contributed by atoms with E-state index in [1.807, 2.05) is 6.92 Å². The quantitative estimate of drug-likeness (QED) is 0.690. The largest absolute Gasteiger partial charge is 0.389 e. The SMILES string of the molecule is COC[C@@H](O)Cn1n[c]cc1C. The van der Waals surface area contributed by atoms with E-state index in [2.05, 4.69) is 11.3 Å². The maximum atomic E-state index is 9.35. The molecule has 1 aromatic rings. The van der Waals surface area contributed by atoms with Crippen molar-refractivity contribution in [2.24, 2.45) is 0 Å². The Balaban J connectivity index is 2.46. The first kappa shape index (κ1) is 9.22. The molecule has 0 aliphatic heterocycles. The summed E-state index contributed by atoms with van der Waals surface area (Å²) in [5, 5.41) is 13.3. The predicted molar refractivity (Wildman–Crippen MR) is 43.7 cm³/mol. The molecule has 0 bridgehead atoms. The Hall–Kier alpha value is -0.870. The monoisotopic (exact) mass is 169 g/mol. The molecule has 0 fully saturated rings. The number of aliphatic hydroxyl groups is 1. The zero-order valence-corrected chi connectivity index (χ0v) is 7.32. The molecule has 0 unspecified atom stereocenters. The number of hydrogen-bond acceptors (Lipinski definition) is 3. The van der Waals surface area contributed by atoms with E-state index < -0.39 is 6.10 Å². The Kier molecular flexibility index (Phi) is 3.25. The second-order valence-corrected chi connectivity index (χ2v) is 2.71. The third kappa shape index (κ3) is 2.32. The number of ether oxygens (including phenoxy) is 1. The topological polar surface area (TPSA) is 47.3 Å². The molecule has 0 aromatic carbocycles. The van der Waals surface area contributed by atoms with Gasteiger partial charge in [-0.1, -0.05) is 0 Å². The van der Waals surface area contributed by atoms with Gasteiger partial charge in [0.05, 0.1) is 19.3 Å². The fraction of sp³-hybridized carbons (Fsp3) is 0.625. The number of hydrogen-bond donors (Lipinski definition) is 1. The van der Waals surface area contributed by atoms with Crippen molar-refractivity contribution in [1.29, 1.82) is 0 Å². The number of nitrogens with zero attached hydrogens (tertiary/aromatic N) is 2. The second-order valence-electron chi connectivity index (χ2n) is 2.71. The van der Waals surface area contributed by atoms with E-state index in [4.69, 9.17) is 4.74 Å². The summed E-state index contributed by atoms with van der Waals surface area (Å²) in [7, 11) is 1.56. The summed E-state index contributed by atoms with van der Waals surface area (Å²) in [6, 6.07) is 1.78. The van der Waals surface area contributed by atoms with Crippen LogP contribution in [0.25, 0.3) is 0 Å². The molecule has 0 saturated heterocycles. The maximum Gasteiger partial charge on any atom is 0.113 e. The molecule has 1 atom stereocenters. The van der Waals surface area contributed by atoms with Gasteiger partial charge < -0.3 is 9.84 Å². The zero-order chi connectivity index (χ0) is 8.97. The van der Waals surface area contributed by atoms with Crippen LogP contribution in [-0.4, -0.2) is 34.7 Å². The van der Waals surface area contributed by atoms with Gasteiger partial charge in [-0.25, -0.2) is 0 Å². The van der Waals surface area contributed by atoms with Gasteiger partial charge in [-0.15, -0.1) is 0 Å². The van der Waals surface area contributed by atoms with Crippen LogP contribution in [0, 0.1) is 13.1 Å². The van der Waals surface area contributed by atoms with Gasteiger partial charge in [0.1, 0.15) is 6.20 Å². The van der Waals surface area contributed by atoms with Crippen molar-refractivity contribution >= 4 is 0 Å². The van der Waals surface area contributed by atoms with Gasteiger partial charge in [0.25, 0.3) is 0 Å². The highest BCUT2D eigenvalue weighted by Crippen LogP contribution is 1.97. The van der Waals surface area contributed by atoms with E-state index in [9.17, 15) is 5.11 Å². The molecule has 0 saturated carbocycles. The molecule has 4 heteroatoms. The fourth-order valence-electron chi connectivity index (χ4n) is 0.975. The molecular formula is C8H13N2O2. The van der Waals surface area contributed by atoms with Gasteiger partial charge in [0.2, 0.25) is 0 Å². The van der Waals surface area contributed by atoms with Gasteiger partial charge in [-0.3, -0.25) is 4.68 Å². The number of aliphatic hydroxyl groups excluding tert-OH is 1. The molecule has 0 aliphatic carbocycles. The smallest absolute Gasteiger partial charge is 0.113 e. The summed E-state index contributed by atoms with van der Waals surface area (Å²) in [5.41, 5.74) is 0.991. The lowest BCUT2D eigenvalue weighted by molar-refractivity contribution is 0.0510. The number of methoxy groups -OCH3 is 1. The van der Waals surface area contributed by atoms with E-state index in [0.29, 0.717) is 13.2 Å². The van der Waals surface area contributed by atoms with Crippen molar-refractivity contribution in [1.82, 2.24) is 9.78 Å². The minimum absolute atomic E-state index is 0.333. The fourth-order valence-corrected chi connectivity index (χ4v) is 0.975. The summed E-state index contributed by atoms with van der Waals surface area (Å²) in [5.74, 6) is 0. The maximum absolute atomic E-state index is 9.35. The Morgan fingerprint density at radius 3 is 3.08 bits per heavy atom. The molecule has 12 heavy (non-hydrogen) atoms. The molecule has 1 rings (SSSR count). The summed E-state index contributed by atoms with van der Waals surface area (Å²) < 4.78 is 6.49. The first-order chi connectivity index (χ1) is 5.74. The van der Waals surface area contributed by atoms with Crippen molar-refractivity contribution in [2.45, 2.75) is 19.6 Å². The average Bonchev–Trinajstić information content (AvgIpc) is 2.37. The third-order valence-electron chi connectivity index (χ3n) is 1.60. The minimum atomic E-state index is -0.498. The Morgan fingerprint density at radius 1 is 1.83 bits per heavy atom. The van der Waals surface area contributed by atoms with Crippen LogP contribution in [0.5, 0.6) is 0 Å². The normalized spacial score (nSPS) is 13.2. The van der Waals surface area contributed by atoms with Gasteiger partial charge in [-0.05, 0) is 13.0 Å². The number of aryl methyl sites for hydroxylation is 1. The molecule has 0 amide bonds. The minimum Gasteiger partial charge on any atom is -0.389 e. The van der Waals surface area contributed by atoms with Crippen LogP contribution in [-0.2, 0) is 11.3 Å². The second kappa shape index (κ2) is 4.23. The van der Waals surface area contributed by atoms with E-state index in [1.165, 1.54) is 0 Å². The van der Waals surface area contributed by atoms with Crippen molar-refractivity contribution in [2.75, 3.05) is 13.7 Å². The van der Waals surface area contributed by atoms with Gasteiger partial charge in [0, 0.05) is 12.8 Å². The molecule has 0 spiro atoms. The molecule has 1 aromatic heterocycles. The summed E-state index contributed by atoms with van der Waals surface area (Å²) in [6.07, 6.45) is 2.21. The molecule has 1 heterocycles. The highest BCUT2D eigenvalue weighted by Gasteiger charge is 2.05. The van der Waals surface area contributed by atoms with Crippen LogP contribution in [0.3, 0.4) is 0 Å². The highest BCUT2D eigenvalue weighted by atomic mass is 16.5. The predicted octanol–water partition coefficient (Wildman–Crippen LogP) is -0.000990. The van der Waals surface area contributed by atoms with Crippen LogP contribution >= 0.6 is 0 Å². The Bertz CT molecular complexity index is 235. The van der Waals surface area contributed by atoms with Crippen molar-refractivity contribution in [3.05, 3.63) is 18.0 Å². The summed E-state index contributed by atoms with van der Waals surface area (Å²) >= 11 is 0. The van der Waals surface area contributed by atoms with E-state index in [1.54, 1.807) is 17.9 Å². The van der Waals surface area contributed by atoms with E-state index in [0.717, 1.165) is 5.69 Å². The van der Waals surface area contributed by atoms with Crippen molar-refractivity contribution < 1.29 is 9.84 Å². The van der Waals surface area contributed by atoms with Crippen LogP contribution in [0.15, 0.2) is 6.07 Å². The van der Waals surface area contributed by atoms with Gasteiger partial charge in [0.15, 0.2) is 0 Å². The van der Waals surface area contributed by atoms with Gasteiger partial charge in [-0.2, -0.15) is 5.10 Å². The lowest BCUT2D eigenvalue weighted by atomic mass is 10.3. The Morgan fingerprint density at radius 2 is 2.58 bits per heavy atom. The van der Waals surface area contributed by atoms with Gasteiger partial charge >= 0.3 is 0 Å². The average molecular weight is 169 g/mol. The summed E-state index contributed by atoms with van der Waals surface area (Å²) in [6.45, 7) is 2.71. The third-order valence-corrected chi connectivity index (χ3v) is 1.60. The number of aromatic nitrogens is 2.